The molecule has 29 heavy (non-hydrogen) atoms. The molecule has 1 atom stereocenters. The van der Waals surface area contributed by atoms with Crippen LogP contribution in [0.5, 0.6) is 5.75 Å². The molecule has 0 radical (unpaired) electrons. The van der Waals surface area contributed by atoms with Crippen LogP contribution in [0.1, 0.15) is 57.9 Å². The van der Waals surface area contributed by atoms with Gasteiger partial charge in [-0.15, -0.1) is 0 Å². The summed E-state index contributed by atoms with van der Waals surface area (Å²) in [5, 5.41) is 0. The van der Waals surface area contributed by atoms with Crippen LogP contribution in [0.25, 0.3) is 11.3 Å². The lowest BCUT2D eigenvalue weighted by molar-refractivity contribution is 0.110. The number of pyridine rings is 2. The average molecular weight is 411 g/mol. The Labute approximate surface area is 167 Å². The molecule has 1 unspecified atom stereocenters. The van der Waals surface area contributed by atoms with Crippen LogP contribution in [0.3, 0.4) is 0 Å². The van der Waals surface area contributed by atoms with Gasteiger partial charge in [0.05, 0.1) is 11.2 Å². The monoisotopic (exact) mass is 411 g/mol. The number of ether oxygens (including phenoxy) is 1. The average Bonchev–Trinajstić information content (AvgIpc) is 3.49. The predicted octanol–water partition coefficient (Wildman–Crippen LogP) is 5.55. The van der Waals surface area contributed by atoms with Gasteiger partial charge in [-0.05, 0) is 55.4 Å². The van der Waals surface area contributed by atoms with Gasteiger partial charge in [0.15, 0.2) is 0 Å². The maximum Gasteiger partial charge on any atom is 0.284 e. The Balaban J connectivity index is 1.85. The molecule has 2 N–H and O–H groups in total. The topological polar surface area (TPSA) is 61.0 Å². The zero-order valence-corrected chi connectivity index (χ0v) is 16.6. The second-order valence-corrected chi connectivity index (χ2v) is 8.17. The zero-order valence-electron chi connectivity index (χ0n) is 16.6. The molecule has 3 rings (SSSR count). The van der Waals surface area contributed by atoms with Gasteiger partial charge < -0.3 is 10.5 Å². The Bertz CT molecular complexity index is 867. The third kappa shape index (κ3) is 4.22. The highest BCUT2D eigenvalue weighted by Gasteiger charge is 2.57. The molecule has 0 aromatic carbocycles. The predicted molar refractivity (Wildman–Crippen MR) is 102 cm³/mol. The molecule has 2 heterocycles. The third-order valence-corrected chi connectivity index (χ3v) is 5.95. The number of alkyl halides is 4. The quantitative estimate of drug-likeness (QED) is 0.579. The molecule has 1 fully saturated rings. The fourth-order valence-electron chi connectivity index (χ4n) is 3.94. The van der Waals surface area contributed by atoms with Crippen molar-refractivity contribution in [2.75, 3.05) is 6.61 Å². The number of hydrogen-bond acceptors (Lipinski definition) is 4. The summed E-state index contributed by atoms with van der Waals surface area (Å²) in [6.07, 6.45) is -2.48. The van der Waals surface area contributed by atoms with E-state index >= 15 is 0 Å². The minimum Gasteiger partial charge on any atom is -0.490 e. The lowest BCUT2D eigenvalue weighted by atomic mass is 9.76. The van der Waals surface area contributed by atoms with Gasteiger partial charge >= 0.3 is 0 Å². The van der Waals surface area contributed by atoms with Gasteiger partial charge in [-0.25, -0.2) is 22.5 Å². The minimum absolute atomic E-state index is 0.0527. The maximum atomic E-state index is 13.6. The van der Waals surface area contributed by atoms with Gasteiger partial charge in [0.1, 0.15) is 23.7 Å². The molecule has 0 saturated heterocycles. The van der Waals surface area contributed by atoms with Crippen molar-refractivity contribution in [2.24, 2.45) is 17.1 Å². The highest BCUT2D eigenvalue weighted by Crippen LogP contribution is 2.58. The summed E-state index contributed by atoms with van der Waals surface area (Å²) in [4.78, 5) is 7.54. The summed E-state index contributed by atoms with van der Waals surface area (Å²) in [6, 6.07) is 5.44. The Morgan fingerprint density at radius 3 is 2.38 bits per heavy atom. The van der Waals surface area contributed by atoms with E-state index in [0.29, 0.717) is 5.92 Å². The van der Waals surface area contributed by atoms with Gasteiger partial charge in [0.25, 0.3) is 12.9 Å². The summed E-state index contributed by atoms with van der Waals surface area (Å²) < 4.78 is 58.7. The first kappa shape index (κ1) is 21.5. The van der Waals surface area contributed by atoms with Crippen molar-refractivity contribution in [2.45, 2.75) is 52.0 Å². The summed E-state index contributed by atoms with van der Waals surface area (Å²) in [5.74, 6) is 0.301. The SMILES string of the molecule is CC(C)C1(C(C)(N)COc2ccc(-c3ccnc(C(F)F)c3)nc2C(F)F)CC1. The lowest BCUT2D eigenvalue weighted by Gasteiger charge is -2.37. The molecule has 2 aromatic rings. The van der Waals surface area contributed by atoms with Crippen LogP contribution >= 0.6 is 0 Å². The van der Waals surface area contributed by atoms with Crippen LogP contribution in [0, 0.1) is 11.3 Å². The zero-order chi connectivity index (χ0) is 21.4. The molecule has 0 amide bonds. The van der Waals surface area contributed by atoms with Crippen LogP contribution in [0.15, 0.2) is 30.5 Å². The molecule has 4 nitrogen and oxygen atoms in total. The molecule has 1 aliphatic rings. The molecular formula is C21H25F4N3O. The van der Waals surface area contributed by atoms with Gasteiger partial charge in [0, 0.05) is 11.8 Å². The number of nitrogens with zero attached hydrogens (tertiary/aromatic N) is 2. The Hall–Kier alpha value is -2.22. The molecule has 8 heteroatoms. The molecule has 0 spiro atoms. The smallest absolute Gasteiger partial charge is 0.284 e. The number of hydrogen-bond donors (Lipinski definition) is 1. The lowest BCUT2D eigenvalue weighted by Crippen LogP contribution is -2.52. The second-order valence-electron chi connectivity index (χ2n) is 8.17. The normalized spacial score (nSPS) is 17.6. The standard InChI is InChI=1S/C21H25F4N3O/c1-12(2)21(7-8-21)20(3,26)11-29-16-5-4-14(28-17(16)19(24)25)13-6-9-27-15(10-13)18(22)23/h4-6,9-10,12,18-19H,7-8,11,26H2,1-3H3. The number of nitrogens with two attached hydrogens (primary N) is 1. The van der Waals surface area contributed by atoms with Gasteiger partial charge in [-0.1, -0.05) is 13.8 Å². The fourth-order valence-corrected chi connectivity index (χ4v) is 3.94. The molecule has 0 bridgehead atoms. The van der Waals surface area contributed by atoms with E-state index in [1.54, 1.807) is 0 Å². The van der Waals surface area contributed by atoms with Crippen LogP contribution in [-0.4, -0.2) is 22.1 Å². The van der Waals surface area contributed by atoms with E-state index in [1.165, 1.54) is 24.4 Å². The first-order valence-corrected chi connectivity index (χ1v) is 9.52. The van der Waals surface area contributed by atoms with Crippen LogP contribution < -0.4 is 10.5 Å². The highest BCUT2D eigenvalue weighted by atomic mass is 19.3. The van der Waals surface area contributed by atoms with E-state index in [2.05, 4.69) is 23.8 Å². The Morgan fingerprint density at radius 2 is 1.83 bits per heavy atom. The molecule has 1 aliphatic carbocycles. The van der Waals surface area contributed by atoms with Crippen molar-refractivity contribution in [1.29, 1.82) is 0 Å². The van der Waals surface area contributed by atoms with Crippen molar-refractivity contribution < 1.29 is 22.3 Å². The van der Waals surface area contributed by atoms with Crippen molar-refractivity contribution in [3.63, 3.8) is 0 Å². The van der Waals surface area contributed by atoms with E-state index < -0.39 is 29.8 Å². The first-order valence-electron chi connectivity index (χ1n) is 9.52. The Morgan fingerprint density at radius 1 is 1.14 bits per heavy atom. The molecule has 1 saturated carbocycles. The summed E-state index contributed by atoms with van der Waals surface area (Å²) in [7, 11) is 0. The summed E-state index contributed by atoms with van der Waals surface area (Å²) >= 11 is 0. The van der Waals surface area contributed by atoms with Crippen molar-refractivity contribution in [1.82, 2.24) is 9.97 Å². The number of halogens is 4. The summed E-state index contributed by atoms with van der Waals surface area (Å²) in [6.45, 7) is 6.16. The Kier molecular flexibility index (Phi) is 5.85. The molecule has 2 aromatic heterocycles. The fraction of sp³-hybridized carbons (Fsp3) is 0.524. The highest BCUT2D eigenvalue weighted by molar-refractivity contribution is 5.60. The van der Waals surface area contributed by atoms with E-state index in [0.717, 1.165) is 18.9 Å². The van der Waals surface area contributed by atoms with E-state index in [1.807, 2.05) is 6.92 Å². The first-order chi connectivity index (χ1) is 13.6. The van der Waals surface area contributed by atoms with Gasteiger partial charge in [-0.2, -0.15) is 0 Å². The van der Waals surface area contributed by atoms with Crippen molar-refractivity contribution >= 4 is 0 Å². The van der Waals surface area contributed by atoms with Crippen molar-refractivity contribution in [3.8, 4) is 17.0 Å². The van der Waals surface area contributed by atoms with E-state index in [9.17, 15) is 17.6 Å². The third-order valence-electron chi connectivity index (χ3n) is 5.95. The number of rotatable bonds is 8. The molecular weight excluding hydrogens is 386 g/mol. The molecule has 158 valence electrons. The van der Waals surface area contributed by atoms with Crippen LogP contribution in [0.2, 0.25) is 0 Å². The van der Waals surface area contributed by atoms with Crippen LogP contribution in [0.4, 0.5) is 17.6 Å². The minimum atomic E-state index is -2.88. The molecule has 0 aliphatic heterocycles. The van der Waals surface area contributed by atoms with Gasteiger partial charge in [-0.3, -0.25) is 4.98 Å². The largest absolute Gasteiger partial charge is 0.490 e. The van der Waals surface area contributed by atoms with E-state index in [-0.39, 0.29) is 29.0 Å². The maximum absolute atomic E-state index is 13.6. The van der Waals surface area contributed by atoms with Gasteiger partial charge in [0.2, 0.25) is 0 Å². The number of aromatic nitrogens is 2. The summed E-state index contributed by atoms with van der Waals surface area (Å²) in [5.41, 5.74) is 5.21. The van der Waals surface area contributed by atoms with E-state index in [4.69, 9.17) is 10.5 Å². The van der Waals surface area contributed by atoms with Crippen molar-refractivity contribution in [3.05, 3.63) is 41.9 Å². The van der Waals surface area contributed by atoms with Crippen LogP contribution in [-0.2, 0) is 0 Å². The second kappa shape index (κ2) is 7.89.